The second-order valence-electron chi connectivity index (χ2n) is 9.47. The summed E-state index contributed by atoms with van der Waals surface area (Å²) in [5.41, 5.74) is 4.50. The largest absolute Gasteiger partial charge is 0.496 e. The molecule has 8 nitrogen and oxygen atoms in total. The third-order valence-electron chi connectivity index (χ3n) is 6.49. The third kappa shape index (κ3) is 8.42. The Kier molecular flexibility index (Phi) is 10.7. The van der Waals surface area contributed by atoms with Crippen molar-refractivity contribution >= 4 is 35.1 Å². The summed E-state index contributed by atoms with van der Waals surface area (Å²) in [6.45, 7) is 1.10. The number of carbonyl (C=O) groups is 3. The molecule has 9 heteroatoms. The smallest absolute Gasteiger partial charge is 0.307 e. The summed E-state index contributed by atoms with van der Waals surface area (Å²) in [5, 5.41) is 16.2. The molecule has 0 aliphatic rings. The minimum absolute atomic E-state index is 0.211. The van der Waals surface area contributed by atoms with Gasteiger partial charge < -0.3 is 25.2 Å². The highest BCUT2D eigenvalue weighted by Crippen LogP contribution is 2.37. The summed E-state index contributed by atoms with van der Waals surface area (Å²) in [6, 6.07) is 26.9. The summed E-state index contributed by atoms with van der Waals surface area (Å²) >= 11 is 5.94. The molecule has 1 amide bonds. The zero-order valence-electron chi connectivity index (χ0n) is 23.1. The standard InChI is InChI=1S/C33H31ClN2O6/c1-41-30-19-29(36-33(40)23-11-13-26(34)14-12-23)25(18-31(37)38)17-28(30)27-10-6-5-9-24(27)20-35-16-15-32(39)42-21-22-7-3-2-4-8-22/h2-14,17,19,35H,15-16,18,20-21H2,1H3,(H,36,40)(H,37,38). The Bertz CT molecular complexity index is 1540. The number of anilines is 1. The Morgan fingerprint density at radius 3 is 2.29 bits per heavy atom. The molecule has 4 aromatic rings. The second kappa shape index (κ2) is 14.8. The monoisotopic (exact) mass is 586 g/mol. The van der Waals surface area contributed by atoms with Crippen LogP contribution in [0.4, 0.5) is 5.69 Å². The highest BCUT2D eigenvalue weighted by atomic mass is 35.5. The maximum absolute atomic E-state index is 12.9. The highest BCUT2D eigenvalue weighted by molar-refractivity contribution is 6.30. The molecule has 4 aromatic carbocycles. The molecular formula is C33H31ClN2O6. The van der Waals surface area contributed by atoms with Crippen LogP contribution in [0.5, 0.6) is 5.75 Å². The van der Waals surface area contributed by atoms with Crippen LogP contribution >= 0.6 is 11.6 Å². The van der Waals surface area contributed by atoms with Crippen LogP contribution in [0.3, 0.4) is 0 Å². The third-order valence-corrected chi connectivity index (χ3v) is 6.75. The fourth-order valence-electron chi connectivity index (χ4n) is 4.39. The van der Waals surface area contributed by atoms with Crippen molar-refractivity contribution in [1.29, 1.82) is 0 Å². The van der Waals surface area contributed by atoms with Gasteiger partial charge in [-0.2, -0.15) is 0 Å². The van der Waals surface area contributed by atoms with Crippen molar-refractivity contribution in [2.24, 2.45) is 0 Å². The number of nitrogens with one attached hydrogen (secondary N) is 2. The number of rotatable bonds is 13. The molecule has 0 aliphatic carbocycles. The fourth-order valence-corrected chi connectivity index (χ4v) is 4.51. The van der Waals surface area contributed by atoms with E-state index in [1.807, 2.05) is 54.6 Å². The van der Waals surface area contributed by atoms with Gasteiger partial charge >= 0.3 is 11.9 Å². The zero-order valence-corrected chi connectivity index (χ0v) is 23.8. The number of hydrogen-bond acceptors (Lipinski definition) is 6. The van der Waals surface area contributed by atoms with E-state index in [1.165, 1.54) is 7.11 Å². The average molecular weight is 587 g/mol. The van der Waals surface area contributed by atoms with Crippen LogP contribution in [0.1, 0.15) is 33.5 Å². The van der Waals surface area contributed by atoms with Crippen LogP contribution in [0.2, 0.25) is 5.02 Å². The Morgan fingerprint density at radius 2 is 1.57 bits per heavy atom. The number of hydrogen-bond donors (Lipinski definition) is 3. The molecule has 0 aliphatic heterocycles. The topological polar surface area (TPSA) is 114 Å². The number of ether oxygens (including phenoxy) is 2. The SMILES string of the molecule is COc1cc(NC(=O)c2ccc(Cl)cc2)c(CC(=O)O)cc1-c1ccccc1CNCCC(=O)OCc1ccccc1. The van der Waals surface area contributed by atoms with Gasteiger partial charge in [0.15, 0.2) is 0 Å². The maximum atomic E-state index is 12.9. The predicted molar refractivity (Wildman–Crippen MR) is 162 cm³/mol. The molecule has 0 atom stereocenters. The van der Waals surface area contributed by atoms with Gasteiger partial charge in [-0.05, 0) is 52.6 Å². The van der Waals surface area contributed by atoms with E-state index in [2.05, 4.69) is 10.6 Å². The fraction of sp³-hybridized carbons (Fsp3) is 0.182. The van der Waals surface area contributed by atoms with Crippen LogP contribution < -0.4 is 15.4 Å². The lowest BCUT2D eigenvalue weighted by Crippen LogP contribution is -2.19. The number of methoxy groups -OCH3 is 1. The quantitative estimate of drug-likeness (QED) is 0.128. The van der Waals surface area contributed by atoms with E-state index in [0.29, 0.717) is 46.2 Å². The van der Waals surface area contributed by atoms with Gasteiger partial charge in [0, 0.05) is 41.0 Å². The number of aliphatic carboxylic acids is 1. The summed E-state index contributed by atoms with van der Waals surface area (Å²) < 4.78 is 11.0. The van der Waals surface area contributed by atoms with Crippen molar-refractivity contribution in [3.8, 4) is 16.9 Å². The van der Waals surface area contributed by atoms with Gasteiger partial charge in [0.2, 0.25) is 0 Å². The van der Waals surface area contributed by atoms with E-state index < -0.39 is 11.9 Å². The van der Waals surface area contributed by atoms with Crippen molar-refractivity contribution < 1.29 is 29.0 Å². The van der Waals surface area contributed by atoms with Crippen LogP contribution in [0, 0.1) is 0 Å². The lowest BCUT2D eigenvalue weighted by Gasteiger charge is -2.18. The van der Waals surface area contributed by atoms with Gasteiger partial charge in [-0.15, -0.1) is 0 Å². The van der Waals surface area contributed by atoms with Crippen LogP contribution in [-0.4, -0.2) is 36.6 Å². The van der Waals surface area contributed by atoms with E-state index in [9.17, 15) is 19.5 Å². The van der Waals surface area contributed by atoms with Gasteiger partial charge in [0.1, 0.15) is 12.4 Å². The zero-order chi connectivity index (χ0) is 29.9. The first kappa shape index (κ1) is 30.3. The first-order valence-electron chi connectivity index (χ1n) is 13.3. The molecule has 0 unspecified atom stereocenters. The first-order chi connectivity index (χ1) is 20.3. The highest BCUT2D eigenvalue weighted by Gasteiger charge is 2.18. The summed E-state index contributed by atoms with van der Waals surface area (Å²) in [5.74, 6) is -1.27. The van der Waals surface area contributed by atoms with Crippen LogP contribution in [-0.2, 0) is 33.9 Å². The number of carbonyl (C=O) groups excluding carboxylic acids is 2. The lowest BCUT2D eigenvalue weighted by molar-refractivity contribution is -0.144. The van der Waals surface area contributed by atoms with Crippen LogP contribution in [0.25, 0.3) is 11.1 Å². The molecule has 216 valence electrons. The average Bonchev–Trinajstić information content (AvgIpc) is 2.99. The minimum Gasteiger partial charge on any atom is -0.496 e. The normalized spacial score (nSPS) is 10.6. The number of amides is 1. The Morgan fingerprint density at radius 1 is 0.857 bits per heavy atom. The van der Waals surface area contributed by atoms with Crippen molar-refractivity contribution in [3.05, 3.63) is 118 Å². The van der Waals surface area contributed by atoms with Gasteiger partial charge in [-0.25, -0.2) is 0 Å². The van der Waals surface area contributed by atoms with E-state index in [1.54, 1.807) is 36.4 Å². The molecule has 0 radical (unpaired) electrons. The van der Waals surface area contributed by atoms with E-state index in [0.717, 1.165) is 16.7 Å². The molecule has 0 spiro atoms. The Balaban J connectivity index is 1.49. The molecule has 42 heavy (non-hydrogen) atoms. The van der Waals surface area contributed by atoms with E-state index in [4.69, 9.17) is 21.1 Å². The second-order valence-corrected chi connectivity index (χ2v) is 9.91. The lowest BCUT2D eigenvalue weighted by atomic mass is 9.95. The summed E-state index contributed by atoms with van der Waals surface area (Å²) in [4.78, 5) is 36.8. The Hall–Kier alpha value is -4.66. The first-order valence-corrected chi connectivity index (χ1v) is 13.7. The maximum Gasteiger partial charge on any atom is 0.307 e. The molecule has 0 saturated heterocycles. The van der Waals surface area contributed by atoms with E-state index in [-0.39, 0.29) is 25.4 Å². The van der Waals surface area contributed by atoms with Gasteiger partial charge in [0.25, 0.3) is 5.91 Å². The van der Waals surface area contributed by atoms with Crippen molar-refractivity contribution in [1.82, 2.24) is 5.32 Å². The molecule has 3 N–H and O–H groups in total. The molecule has 0 fully saturated rings. The number of esters is 1. The summed E-state index contributed by atoms with van der Waals surface area (Å²) in [7, 11) is 1.52. The van der Waals surface area contributed by atoms with Gasteiger partial charge in [-0.3, -0.25) is 14.4 Å². The molecular weight excluding hydrogens is 556 g/mol. The number of carboxylic acids is 1. The van der Waals surface area contributed by atoms with Gasteiger partial charge in [0.05, 0.1) is 20.0 Å². The molecule has 4 rings (SSSR count). The minimum atomic E-state index is -1.04. The number of halogens is 1. The molecule has 0 saturated carbocycles. The number of benzene rings is 4. The van der Waals surface area contributed by atoms with Crippen molar-refractivity contribution in [3.63, 3.8) is 0 Å². The molecule has 0 bridgehead atoms. The van der Waals surface area contributed by atoms with Crippen molar-refractivity contribution in [2.75, 3.05) is 19.0 Å². The molecule has 0 heterocycles. The number of carboxylic acid groups (broad SMARTS) is 1. The van der Waals surface area contributed by atoms with Gasteiger partial charge in [-0.1, -0.05) is 66.2 Å². The van der Waals surface area contributed by atoms with E-state index >= 15 is 0 Å². The molecule has 0 aromatic heterocycles. The van der Waals surface area contributed by atoms with Crippen LogP contribution in [0.15, 0.2) is 91.0 Å². The van der Waals surface area contributed by atoms with Crippen molar-refractivity contribution in [2.45, 2.75) is 26.0 Å². The predicted octanol–water partition coefficient (Wildman–Crippen LogP) is 6.12. The summed E-state index contributed by atoms with van der Waals surface area (Å²) in [6.07, 6.45) is -0.0954. The Labute approximate surface area is 249 Å².